The van der Waals surface area contributed by atoms with Gasteiger partial charge in [0.1, 0.15) is 6.10 Å². The quantitative estimate of drug-likeness (QED) is 0.603. The monoisotopic (exact) mass is 260 g/mol. The van der Waals surface area contributed by atoms with E-state index in [1.165, 1.54) is 0 Å². The Balaban J connectivity index is 2.21. The minimum absolute atomic E-state index is 0.0309. The van der Waals surface area contributed by atoms with Crippen molar-refractivity contribution >= 4 is 11.8 Å². The molecule has 0 radical (unpaired) electrons. The summed E-state index contributed by atoms with van der Waals surface area (Å²) in [6, 6.07) is 9.17. The fourth-order valence-electron chi connectivity index (χ4n) is 2.81. The van der Waals surface area contributed by atoms with Gasteiger partial charge in [0, 0.05) is 5.56 Å². The van der Waals surface area contributed by atoms with E-state index in [0.717, 1.165) is 12.8 Å². The first kappa shape index (κ1) is 13.8. The maximum atomic E-state index is 12.5. The lowest BCUT2D eigenvalue weighted by atomic mass is 9.83. The van der Waals surface area contributed by atoms with Crippen LogP contribution >= 0.6 is 0 Å². The van der Waals surface area contributed by atoms with Crippen LogP contribution in [0.5, 0.6) is 0 Å². The number of benzene rings is 1. The fraction of sp³-hybridized carbons (Fsp3) is 0.500. The maximum absolute atomic E-state index is 12.5. The van der Waals surface area contributed by atoms with E-state index in [9.17, 15) is 9.59 Å². The molecule has 2 rings (SSSR count). The van der Waals surface area contributed by atoms with Gasteiger partial charge in [0.05, 0.1) is 12.3 Å². The van der Waals surface area contributed by atoms with Gasteiger partial charge in [0.2, 0.25) is 0 Å². The normalized spacial score (nSPS) is 22.6. The Labute approximate surface area is 114 Å². The van der Waals surface area contributed by atoms with Gasteiger partial charge in [-0.25, -0.2) is 0 Å². The molecule has 19 heavy (non-hydrogen) atoms. The molecule has 0 bridgehead atoms. The maximum Gasteiger partial charge on any atom is 0.306 e. The first-order chi connectivity index (χ1) is 9.17. The second-order valence-electron chi connectivity index (χ2n) is 5.07. The Hall–Kier alpha value is -1.64. The Morgan fingerprint density at radius 2 is 1.89 bits per heavy atom. The molecule has 102 valence electrons. The topological polar surface area (TPSA) is 43.4 Å². The highest BCUT2D eigenvalue weighted by atomic mass is 16.6. The van der Waals surface area contributed by atoms with E-state index in [0.29, 0.717) is 5.56 Å². The summed E-state index contributed by atoms with van der Waals surface area (Å²) in [6.07, 6.45) is 1.81. The van der Waals surface area contributed by atoms with Crippen LogP contribution < -0.4 is 0 Å². The van der Waals surface area contributed by atoms with Gasteiger partial charge in [-0.05, 0) is 18.8 Å². The van der Waals surface area contributed by atoms with Gasteiger partial charge in [-0.3, -0.25) is 9.59 Å². The predicted octanol–water partition coefficient (Wildman–Crippen LogP) is 3.24. The molecule has 0 spiro atoms. The number of carbonyl (C=O) groups is 2. The molecule has 1 aromatic carbocycles. The van der Waals surface area contributed by atoms with Crippen LogP contribution in [-0.2, 0) is 9.53 Å². The minimum Gasteiger partial charge on any atom is -0.461 e. The van der Waals surface area contributed by atoms with Gasteiger partial charge in [-0.2, -0.15) is 0 Å². The van der Waals surface area contributed by atoms with Crippen LogP contribution in [0.25, 0.3) is 0 Å². The molecule has 0 amide bonds. The third-order valence-electron chi connectivity index (χ3n) is 3.96. The van der Waals surface area contributed by atoms with Crippen molar-refractivity contribution in [2.24, 2.45) is 11.8 Å². The summed E-state index contributed by atoms with van der Waals surface area (Å²) < 4.78 is 5.40. The number of cyclic esters (lactones) is 1. The predicted molar refractivity (Wildman–Crippen MR) is 72.8 cm³/mol. The highest BCUT2D eigenvalue weighted by molar-refractivity contribution is 6.00. The van der Waals surface area contributed by atoms with Crippen molar-refractivity contribution in [3.63, 3.8) is 0 Å². The third kappa shape index (κ3) is 2.86. The second kappa shape index (κ2) is 6.00. The molecule has 0 unspecified atom stereocenters. The number of Topliss-reactive ketones (excluding diaryl/α,β-unsaturated/α-hetero) is 1. The van der Waals surface area contributed by atoms with Crippen LogP contribution in [0.3, 0.4) is 0 Å². The summed E-state index contributed by atoms with van der Waals surface area (Å²) in [5.41, 5.74) is 0.668. The number of esters is 1. The molecule has 0 saturated carbocycles. The lowest BCUT2D eigenvalue weighted by molar-refractivity contribution is -0.143. The summed E-state index contributed by atoms with van der Waals surface area (Å²) in [6.45, 7) is 4.15. The van der Waals surface area contributed by atoms with Crippen molar-refractivity contribution in [3.05, 3.63) is 35.9 Å². The summed E-state index contributed by atoms with van der Waals surface area (Å²) in [4.78, 5) is 24.1. The van der Waals surface area contributed by atoms with Gasteiger partial charge in [-0.1, -0.05) is 44.2 Å². The Kier molecular flexibility index (Phi) is 4.35. The Bertz CT molecular complexity index is 448. The van der Waals surface area contributed by atoms with Crippen LogP contribution in [-0.4, -0.2) is 17.9 Å². The van der Waals surface area contributed by atoms with Crippen LogP contribution in [0.4, 0.5) is 0 Å². The van der Waals surface area contributed by atoms with Crippen molar-refractivity contribution < 1.29 is 14.3 Å². The SMILES string of the molecule is CCC(CC)[C@@H]1OC(=O)C[C@H]1C(=O)c1ccccc1. The van der Waals surface area contributed by atoms with Crippen LogP contribution in [0.1, 0.15) is 43.5 Å². The van der Waals surface area contributed by atoms with Gasteiger partial charge in [0.25, 0.3) is 0 Å². The highest BCUT2D eigenvalue weighted by Crippen LogP contribution is 2.33. The average Bonchev–Trinajstić information content (AvgIpc) is 2.82. The summed E-state index contributed by atoms with van der Waals surface area (Å²) >= 11 is 0. The van der Waals surface area contributed by atoms with E-state index in [1.807, 2.05) is 18.2 Å². The smallest absolute Gasteiger partial charge is 0.306 e. The van der Waals surface area contributed by atoms with Crippen molar-refractivity contribution in [2.75, 3.05) is 0 Å². The van der Waals surface area contributed by atoms with Gasteiger partial charge in [0.15, 0.2) is 5.78 Å². The molecule has 0 N–H and O–H groups in total. The van der Waals surface area contributed by atoms with Gasteiger partial charge >= 0.3 is 5.97 Å². The summed E-state index contributed by atoms with van der Waals surface area (Å²) in [5, 5.41) is 0. The third-order valence-corrected chi connectivity index (χ3v) is 3.96. The lowest BCUT2D eigenvalue weighted by Gasteiger charge is -2.24. The number of carbonyl (C=O) groups excluding carboxylic acids is 2. The average molecular weight is 260 g/mol. The molecule has 3 nitrogen and oxygen atoms in total. The molecular weight excluding hydrogens is 240 g/mol. The lowest BCUT2D eigenvalue weighted by Crippen LogP contribution is -2.31. The molecule has 1 heterocycles. The van der Waals surface area contributed by atoms with E-state index in [-0.39, 0.29) is 36.1 Å². The zero-order valence-electron chi connectivity index (χ0n) is 11.5. The van der Waals surface area contributed by atoms with E-state index >= 15 is 0 Å². The van der Waals surface area contributed by atoms with Crippen molar-refractivity contribution in [2.45, 2.75) is 39.2 Å². The summed E-state index contributed by atoms with van der Waals surface area (Å²) in [7, 11) is 0. The molecule has 1 fully saturated rings. The zero-order chi connectivity index (χ0) is 13.8. The molecule has 0 aliphatic carbocycles. The van der Waals surface area contributed by atoms with E-state index in [4.69, 9.17) is 4.74 Å². The molecule has 0 aromatic heterocycles. The number of ketones is 1. The van der Waals surface area contributed by atoms with Crippen molar-refractivity contribution in [1.29, 1.82) is 0 Å². The Morgan fingerprint density at radius 3 is 2.47 bits per heavy atom. The number of hydrogen-bond donors (Lipinski definition) is 0. The highest BCUT2D eigenvalue weighted by Gasteiger charge is 2.42. The molecule has 1 aromatic rings. The largest absolute Gasteiger partial charge is 0.461 e. The molecule has 1 saturated heterocycles. The van der Waals surface area contributed by atoms with Crippen LogP contribution in [0.2, 0.25) is 0 Å². The number of rotatable bonds is 5. The first-order valence-corrected chi connectivity index (χ1v) is 6.96. The fourth-order valence-corrected chi connectivity index (χ4v) is 2.81. The number of hydrogen-bond acceptors (Lipinski definition) is 3. The van der Waals surface area contributed by atoms with E-state index < -0.39 is 0 Å². The van der Waals surface area contributed by atoms with Crippen LogP contribution in [0.15, 0.2) is 30.3 Å². The summed E-state index contributed by atoms with van der Waals surface area (Å²) in [5.74, 6) is -0.265. The molecular formula is C16H20O3. The molecule has 3 heteroatoms. The van der Waals surface area contributed by atoms with Crippen molar-refractivity contribution in [3.8, 4) is 0 Å². The van der Waals surface area contributed by atoms with E-state index in [2.05, 4.69) is 13.8 Å². The minimum atomic E-state index is -0.320. The van der Waals surface area contributed by atoms with E-state index in [1.54, 1.807) is 12.1 Å². The molecule has 2 atom stereocenters. The first-order valence-electron chi connectivity index (χ1n) is 6.96. The second-order valence-corrected chi connectivity index (χ2v) is 5.07. The zero-order valence-corrected chi connectivity index (χ0v) is 11.5. The Morgan fingerprint density at radius 1 is 1.26 bits per heavy atom. The van der Waals surface area contributed by atoms with Crippen LogP contribution in [0, 0.1) is 11.8 Å². The van der Waals surface area contributed by atoms with Crippen molar-refractivity contribution in [1.82, 2.24) is 0 Å². The van der Waals surface area contributed by atoms with Gasteiger partial charge < -0.3 is 4.74 Å². The molecule has 1 aliphatic rings. The molecule has 1 aliphatic heterocycles. The van der Waals surface area contributed by atoms with Gasteiger partial charge in [-0.15, -0.1) is 0 Å². The number of ether oxygens (including phenoxy) is 1. The standard InChI is InChI=1S/C16H20O3/c1-3-11(4-2)16-13(10-14(17)19-16)15(18)12-8-6-5-7-9-12/h5-9,11,13,16H,3-4,10H2,1-2H3/t13-,16-/m0/s1.